The predicted molar refractivity (Wildman–Crippen MR) is 81.8 cm³/mol. The molecule has 1 unspecified atom stereocenters. The van der Waals surface area contributed by atoms with E-state index in [4.69, 9.17) is 5.73 Å². The van der Waals surface area contributed by atoms with E-state index in [1.807, 2.05) is 42.6 Å². The molecule has 20 heavy (non-hydrogen) atoms. The summed E-state index contributed by atoms with van der Waals surface area (Å²) in [5.74, 6) is -0.304. The molecular formula is C15H19N3OS. The molecule has 0 aliphatic carbocycles. The molecule has 2 rings (SSSR count). The Morgan fingerprint density at radius 1 is 1.40 bits per heavy atom. The summed E-state index contributed by atoms with van der Waals surface area (Å²) in [7, 11) is 0. The molecule has 1 amide bonds. The maximum absolute atomic E-state index is 12.2. The number of amides is 1. The number of nitrogens with zero attached hydrogens (tertiary/aromatic N) is 1. The molecule has 3 N–H and O–H groups in total. The highest BCUT2D eigenvalue weighted by molar-refractivity contribution is 7.09. The fourth-order valence-electron chi connectivity index (χ4n) is 2.01. The van der Waals surface area contributed by atoms with Crippen LogP contribution >= 0.6 is 11.3 Å². The Morgan fingerprint density at radius 2 is 2.15 bits per heavy atom. The van der Waals surface area contributed by atoms with E-state index in [9.17, 15) is 4.79 Å². The van der Waals surface area contributed by atoms with Gasteiger partial charge in [-0.05, 0) is 12.5 Å². The normalized spacial score (nSPS) is 12.1. The highest BCUT2D eigenvalue weighted by Crippen LogP contribution is 2.14. The number of hydrogen-bond acceptors (Lipinski definition) is 4. The Kier molecular flexibility index (Phi) is 5.26. The molecule has 0 saturated heterocycles. The quantitative estimate of drug-likeness (QED) is 0.853. The standard InChI is InChI=1S/C15H19N3OS/c1-11-10-20-14(18-11)7-8-17-15(19)13(9-16)12-5-3-2-4-6-12/h2-6,10,13H,7-9,16H2,1H3,(H,17,19). The van der Waals surface area contributed by atoms with Crippen LogP contribution in [0.5, 0.6) is 0 Å². The van der Waals surface area contributed by atoms with Gasteiger partial charge < -0.3 is 11.1 Å². The summed E-state index contributed by atoms with van der Waals surface area (Å²) in [6.45, 7) is 2.87. The monoisotopic (exact) mass is 289 g/mol. The minimum absolute atomic E-state index is 0.0213. The Balaban J connectivity index is 1.87. The molecule has 0 fully saturated rings. The van der Waals surface area contributed by atoms with Crippen LogP contribution in [0, 0.1) is 6.92 Å². The van der Waals surface area contributed by atoms with E-state index in [-0.39, 0.29) is 11.8 Å². The maximum atomic E-state index is 12.2. The second kappa shape index (κ2) is 7.17. The maximum Gasteiger partial charge on any atom is 0.228 e. The van der Waals surface area contributed by atoms with Crippen LogP contribution in [0.3, 0.4) is 0 Å². The van der Waals surface area contributed by atoms with Crippen LogP contribution in [-0.2, 0) is 11.2 Å². The van der Waals surface area contributed by atoms with Gasteiger partial charge in [0.25, 0.3) is 0 Å². The van der Waals surface area contributed by atoms with Crippen LogP contribution < -0.4 is 11.1 Å². The van der Waals surface area contributed by atoms with E-state index in [2.05, 4.69) is 10.3 Å². The summed E-state index contributed by atoms with van der Waals surface area (Å²) in [6.07, 6.45) is 0.760. The van der Waals surface area contributed by atoms with Gasteiger partial charge in [-0.1, -0.05) is 30.3 Å². The Hall–Kier alpha value is -1.72. The molecule has 2 aromatic rings. The molecule has 5 heteroatoms. The van der Waals surface area contributed by atoms with Gasteiger partial charge >= 0.3 is 0 Å². The summed E-state index contributed by atoms with van der Waals surface area (Å²) in [4.78, 5) is 16.5. The SMILES string of the molecule is Cc1csc(CCNC(=O)C(CN)c2ccccc2)n1. The summed E-state index contributed by atoms with van der Waals surface area (Å²) in [6, 6.07) is 9.63. The molecule has 1 atom stereocenters. The lowest BCUT2D eigenvalue weighted by Crippen LogP contribution is -2.34. The molecule has 1 aromatic carbocycles. The lowest BCUT2D eigenvalue weighted by molar-refractivity contribution is -0.122. The number of aryl methyl sites for hydroxylation is 1. The fraction of sp³-hybridized carbons (Fsp3) is 0.333. The molecule has 4 nitrogen and oxygen atoms in total. The number of hydrogen-bond donors (Lipinski definition) is 2. The zero-order valence-electron chi connectivity index (χ0n) is 11.5. The third-order valence-electron chi connectivity index (χ3n) is 3.06. The average Bonchev–Trinajstić information content (AvgIpc) is 2.86. The van der Waals surface area contributed by atoms with E-state index in [0.29, 0.717) is 13.1 Å². The van der Waals surface area contributed by atoms with Crippen molar-refractivity contribution in [2.45, 2.75) is 19.3 Å². The minimum atomic E-state index is -0.283. The number of rotatable bonds is 6. The first-order chi connectivity index (χ1) is 9.70. The summed E-state index contributed by atoms with van der Waals surface area (Å²) >= 11 is 1.62. The largest absolute Gasteiger partial charge is 0.355 e. The van der Waals surface area contributed by atoms with Gasteiger partial charge in [-0.2, -0.15) is 0 Å². The van der Waals surface area contributed by atoms with Gasteiger partial charge in [0.05, 0.1) is 10.9 Å². The van der Waals surface area contributed by atoms with Crippen LogP contribution in [0.15, 0.2) is 35.7 Å². The van der Waals surface area contributed by atoms with Gasteiger partial charge in [0.1, 0.15) is 0 Å². The van der Waals surface area contributed by atoms with Crippen molar-refractivity contribution in [3.8, 4) is 0 Å². The Morgan fingerprint density at radius 3 is 2.75 bits per heavy atom. The predicted octanol–water partition coefficient (Wildman–Crippen LogP) is 1.85. The second-order valence-electron chi connectivity index (χ2n) is 4.62. The number of nitrogens with one attached hydrogen (secondary N) is 1. The first-order valence-electron chi connectivity index (χ1n) is 6.64. The van der Waals surface area contributed by atoms with Crippen molar-refractivity contribution >= 4 is 17.2 Å². The molecule has 1 heterocycles. The van der Waals surface area contributed by atoms with Crippen molar-refractivity contribution in [3.63, 3.8) is 0 Å². The average molecular weight is 289 g/mol. The molecule has 0 aliphatic heterocycles. The van der Waals surface area contributed by atoms with Gasteiger partial charge in [0.2, 0.25) is 5.91 Å². The second-order valence-corrected chi connectivity index (χ2v) is 5.57. The summed E-state index contributed by atoms with van der Waals surface area (Å²) < 4.78 is 0. The van der Waals surface area contributed by atoms with Crippen LogP contribution in [0.2, 0.25) is 0 Å². The number of thiazole rings is 1. The highest BCUT2D eigenvalue weighted by Gasteiger charge is 2.18. The van der Waals surface area contributed by atoms with Crippen molar-refractivity contribution in [2.24, 2.45) is 5.73 Å². The number of carbonyl (C=O) groups is 1. The van der Waals surface area contributed by atoms with Crippen molar-refractivity contribution in [1.82, 2.24) is 10.3 Å². The van der Waals surface area contributed by atoms with Gasteiger partial charge in [-0.15, -0.1) is 11.3 Å². The van der Waals surface area contributed by atoms with Gasteiger partial charge in [-0.3, -0.25) is 4.79 Å². The number of aromatic nitrogens is 1. The summed E-state index contributed by atoms with van der Waals surface area (Å²) in [5.41, 5.74) is 7.71. The Labute approximate surface area is 123 Å². The molecule has 0 aliphatic rings. The molecule has 0 spiro atoms. The third-order valence-corrected chi connectivity index (χ3v) is 4.09. The van der Waals surface area contributed by atoms with E-state index in [0.717, 1.165) is 22.7 Å². The first kappa shape index (κ1) is 14.7. The zero-order valence-corrected chi connectivity index (χ0v) is 12.3. The van der Waals surface area contributed by atoms with E-state index >= 15 is 0 Å². The minimum Gasteiger partial charge on any atom is -0.355 e. The van der Waals surface area contributed by atoms with Crippen molar-refractivity contribution in [3.05, 3.63) is 52.0 Å². The molecule has 0 saturated carbocycles. The van der Waals surface area contributed by atoms with Crippen molar-refractivity contribution < 1.29 is 4.79 Å². The van der Waals surface area contributed by atoms with E-state index in [1.54, 1.807) is 11.3 Å². The molecular weight excluding hydrogens is 270 g/mol. The van der Waals surface area contributed by atoms with Crippen LogP contribution in [0.1, 0.15) is 22.2 Å². The van der Waals surface area contributed by atoms with Crippen LogP contribution in [-0.4, -0.2) is 24.0 Å². The molecule has 0 bridgehead atoms. The number of benzene rings is 1. The van der Waals surface area contributed by atoms with Gasteiger partial charge in [0.15, 0.2) is 0 Å². The number of carbonyl (C=O) groups excluding carboxylic acids is 1. The van der Waals surface area contributed by atoms with Gasteiger partial charge in [0, 0.05) is 30.6 Å². The zero-order chi connectivity index (χ0) is 14.4. The van der Waals surface area contributed by atoms with Crippen molar-refractivity contribution in [2.75, 3.05) is 13.1 Å². The number of nitrogens with two attached hydrogens (primary N) is 1. The smallest absolute Gasteiger partial charge is 0.228 e. The van der Waals surface area contributed by atoms with E-state index < -0.39 is 0 Å². The lowest BCUT2D eigenvalue weighted by Gasteiger charge is -2.14. The molecule has 0 radical (unpaired) electrons. The topological polar surface area (TPSA) is 68.0 Å². The molecule has 106 valence electrons. The highest BCUT2D eigenvalue weighted by atomic mass is 32.1. The fourth-order valence-corrected chi connectivity index (χ4v) is 2.79. The van der Waals surface area contributed by atoms with E-state index in [1.165, 1.54) is 0 Å². The molecule has 1 aromatic heterocycles. The first-order valence-corrected chi connectivity index (χ1v) is 7.52. The van der Waals surface area contributed by atoms with Gasteiger partial charge in [-0.25, -0.2) is 4.98 Å². The summed E-state index contributed by atoms with van der Waals surface area (Å²) in [5, 5.41) is 6.00. The van der Waals surface area contributed by atoms with Crippen LogP contribution in [0.4, 0.5) is 0 Å². The Bertz CT molecular complexity index is 553. The third kappa shape index (κ3) is 3.88. The lowest BCUT2D eigenvalue weighted by atomic mass is 9.98. The van der Waals surface area contributed by atoms with Crippen LogP contribution in [0.25, 0.3) is 0 Å². The van der Waals surface area contributed by atoms with Crippen molar-refractivity contribution in [1.29, 1.82) is 0 Å².